The summed E-state index contributed by atoms with van der Waals surface area (Å²) in [7, 11) is 0. The Hall–Kier alpha value is -2.70. The van der Waals surface area contributed by atoms with E-state index in [9.17, 15) is 14.7 Å². The second kappa shape index (κ2) is 7.72. The van der Waals surface area contributed by atoms with Gasteiger partial charge in [-0.15, -0.1) is 5.10 Å². The highest BCUT2D eigenvalue weighted by molar-refractivity contribution is 5.92. The molecule has 0 fully saturated rings. The van der Waals surface area contributed by atoms with Crippen molar-refractivity contribution in [3.8, 4) is 5.69 Å². The summed E-state index contributed by atoms with van der Waals surface area (Å²) in [4.78, 5) is 23.4. The fourth-order valence-corrected chi connectivity index (χ4v) is 2.34. The van der Waals surface area contributed by atoms with Gasteiger partial charge in [0.15, 0.2) is 5.69 Å². The average molecular weight is 330 g/mol. The van der Waals surface area contributed by atoms with Crippen molar-refractivity contribution in [2.75, 3.05) is 6.54 Å². The lowest BCUT2D eigenvalue weighted by Crippen LogP contribution is -2.33. The molecular weight excluding hydrogens is 308 g/mol. The number of carboxylic acid groups (broad SMARTS) is 1. The SMILES string of the molecule is Cc1ccc(-n2cc(C(=O)NCC(CC(C)C)C(=O)O)nn2)cc1. The topological polar surface area (TPSA) is 97.1 Å². The van der Waals surface area contributed by atoms with Crippen LogP contribution < -0.4 is 5.32 Å². The third-order valence-electron chi connectivity index (χ3n) is 3.64. The van der Waals surface area contributed by atoms with Crippen molar-refractivity contribution in [3.63, 3.8) is 0 Å². The minimum absolute atomic E-state index is 0.0732. The van der Waals surface area contributed by atoms with Gasteiger partial charge in [0, 0.05) is 6.54 Å². The lowest BCUT2D eigenvalue weighted by Gasteiger charge is -2.14. The van der Waals surface area contributed by atoms with E-state index in [-0.39, 0.29) is 18.2 Å². The summed E-state index contributed by atoms with van der Waals surface area (Å²) in [5.41, 5.74) is 2.08. The smallest absolute Gasteiger partial charge is 0.308 e. The fraction of sp³-hybridized carbons (Fsp3) is 0.412. The number of nitrogens with one attached hydrogen (secondary N) is 1. The summed E-state index contributed by atoms with van der Waals surface area (Å²) >= 11 is 0. The van der Waals surface area contributed by atoms with Crippen LogP contribution in [-0.2, 0) is 4.79 Å². The van der Waals surface area contributed by atoms with Crippen molar-refractivity contribution in [2.24, 2.45) is 11.8 Å². The zero-order valence-corrected chi connectivity index (χ0v) is 14.1. The maximum atomic E-state index is 12.1. The van der Waals surface area contributed by atoms with E-state index in [0.29, 0.717) is 6.42 Å². The van der Waals surface area contributed by atoms with Crippen LogP contribution in [0.25, 0.3) is 5.69 Å². The number of amides is 1. The fourth-order valence-electron chi connectivity index (χ4n) is 2.34. The maximum Gasteiger partial charge on any atom is 0.308 e. The predicted molar refractivity (Wildman–Crippen MR) is 89.0 cm³/mol. The molecule has 24 heavy (non-hydrogen) atoms. The number of carboxylic acids is 1. The molecular formula is C17H22N4O3. The minimum Gasteiger partial charge on any atom is -0.481 e. The molecule has 1 aromatic carbocycles. The first-order chi connectivity index (χ1) is 11.4. The lowest BCUT2D eigenvalue weighted by molar-refractivity contribution is -0.142. The molecule has 7 heteroatoms. The Morgan fingerprint density at radius 2 is 1.92 bits per heavy atom. The third-order valence-corrected chi connectivity index (χ3v) is 3.64. The average Bonchev–Trinajstić information content (AvgIpc) is 3.01. The molecule has 0 aliphatic rings. The second-order valence-electron chi connectivity index (χ2n) is 6.26. The Bertz CT molecular complexity index is 707. The lowest BCUT2D eigenvalue weighted by atomic mass is 9.97. The normalized spacial score (nSPS) is 12.2. The van der Waals surface area contributed by atoms with Crippen LogP contribution in [0.15, 0.2) is 30.5 Å². The molecule has 1 amide bonds. The van der Waals surface area contributed by atoms with Crippen molar-refractivity contribution in [2.45, 2.75) is 27.2 Å². The highest BCUT2D eigenvalue weighted by atomic mass is 16.4. The number of hydrogen-bond donors (Lipinski definition) is 2. The molecule has 1 aromatic heterocycles. The van der Waals surface area contributed by atoms with E-state index in [2.05, 4.69) is 15.6 Å². The molecule has 2 aromatic rings. The van der Waals surface area contributed by atoms with E-state index >= 15 is 0 Å². The number of hydrogen-bond acceptors (Lipinski definition) is 4. The summed E-state index contributed by atoms with van der Waals surface area (Å²) in [5.74, 6) is -1.71. The second-order valence-corrected chi connectivity index (χ2v) is 6.26. The van der Waals surface area contributed by atoms with Crippen LogP contribution in [-0.4, -0.2) is 38.5 Å². The Labute approximate surface area is 140 Å². The van der Waals surface area contributed by atoms with E-state index in [0.717, 1.165) is 11.3 Å². The zero-order valence-electron chi connectivity index (χ0n) is 14.1. The summed E-state index contributed by atoms with van der Waals surface area (Å²) in [6.07, 6.45) is 2.03. The zero-order chi connectivity index (χ0) is 17.7. The van der Waals surface area contributed by atoms with Crippen molar-refractivity contribution in [1.29, 1.82) is 0 Å². The van der Waals surface area contributed by atoms with Gasteiger partial charge in [0.05, 0.1) is 17.8 Å². The van der Waals surface area contributed by atoms with Crippen LogP contribution in [0.1, 0.15) is 36.3 Å². The first kappa shape index (κ1) is 17.7. The van der Waals surface area contributed by atoms with E-state index in [1.165, 1.54) is 10.9 Å². The molecule has 1 unspecified atom stereocenters. The number of aromatic nitrogens is 3. The van der Waals surface area contributed by atoms with Crippen molar-refractivity contribution >= 4 is 11.9 Å². The molecule has 0 spiro atoms. The molecule has 1 atom stereocenters. The van der Waals surface area contributed by atoms with Crippen LogP contribution in [0.4, 0.5) is 0 Å². The number of benzene rings is 1. The minimum atomic E-state index is -0.910. The monoisotopic (exact) mass is 330 g/mol. The molecule has 1 heterocycles. The summed E-state index contributed by atoms with van der Waals surface area (Å²) in [6.45, 7) is 5.96. The standard InChI is InChI=1S/C17H22N4O3/c1-11(2)8-13(17(23)24)9-18-16(22)15-10-21(20-19-15)14-6-4-12(3)5-7-14/h4-7,10-11,13H,8-9H2,1-3H3,(H,18,22)(H,23,24). The Kier molecular flexibility index (Phi) is 5.68. The van der Waals surface area contributed by atoms with Crippen LogP contribution in [0.5, 0.6) is 0 Å². The first-order valence-corrected chi connectivity index (χ1v) is 7.87. The van der Waals surface area contributed by atoms with Crippen LogP contribution in [0.2, 0.25) is 0 Å². The van der Waals surface area contributed by atoms with E-state index in [1.807, 2.05) is 45.0 Å². The highest BCUT2D eigenvalue weighted by Crippen LogP contribution is 2.12. The van der Waals surface area contributed by atoms with Gasteiger partial charge in [-0.3, -0.25) is 9.59 Å². The Balaban J connectivity index is 2.00. The number of carbonyl (C=O) groups excluding carboxylic acids is 1. The van der Waals surface area contributed by atoms with Gasteiger partial charge in [-0.1, -0.05) is 36.8 Å². The molecule has 7 nitrogen and oxygen atoms in total. The van der Waals surface area contributed by atoms with Gasteiger partial charge in [0.25, 0.3) is 5.91 Å². The molecule has 0 aliphatic carbocycles. The predicted octanol–water partition coefficient (Wildman–Crippen LogP) is 2.05. The van der Waals surface area contributed by atoms with Crippen LogP contribution >= 0.6 is 0 Å². The molecule has 0 saturated carbocycles. The number of rotatable bonds is 7. The van der Waals surface area contributed by atoms with E-state index < -0.39 is 17.8 Å². The molecule has 2 rings (SSSR count). The van der Waals surface area contributed by atoms with Crippen LogP contribution in [0.3, 0.4) is 0 Å². The van der Waals surface area contributed by atoms with Crippen molar-refractivity contribution in [3.05, 3.63) is 41.7 Å². The van der Waals surface area contributed by atoms with E-state index in [4.69, 9.17) is 0 Å². The van der Waals surface area contributed by atoms with Gasteiger partial charge < -0.3 is 10.4 Å². The quantitative estimate of drug-likeness (QED) is 0.810. The molecule has 2 N–H and O–H groups in total. The van der Waals surface area contributed by atoms with Gasteiger partial charge in [-0.25, -0.2) is 4.68 Å². The molecule has 0 radical (unpaired) electrons. The third kappa shape index (κ3) is 4.65. The molecule has 128 valence electrons. The summed E-state index contributed by atoms with van der Waals surface area (Å²) in [6, 6.07) is 7.66. The van der Waals surface area contributed by atoms with Gasteiger partial charge in [-0.05, 0) is 31.4 Å². The Morgan fingerprint density at radius 1 is 1.25 bits per heavy atom. The van der Waals surface area contributed by atoms with Gasteiger partial charge in [-0.2, -0.15) is 0 Å². The molecule has 0 bridgehead atoms. The van der Waals surface area contributed by atoms with E-state index in [1.54, 1.807) is 0 Å². The van der Waals surface area contributed by atoms with Gasteiger partial charge in [0.2, 0.25) is 0 Å². The van der Waals surface area contributed by atoms with Gasteiger partial charge in [0.1, 0.15) is 0 Å². The van der Waals surface area contributed by atoms with Crippen LogP contribution in [0, 0.1) is 18.8 Å². The highest BCUT2D eigenvalue weighted by Gasteiger charge is 2.21. The maximum absolute atomic E-state index is 12.1. The Morgan fingerprint density at radius 3 is 2.50 bits per heavy atom. The number of aliphatic carboxylic acids is 1. The molecule has 0 saturated heterocycles. The van der Waals surface area contributed by atoms with Gasteiger partial charge >= 0.3 is 5.97 Å². The number of carbonyl (C=O) groups is 2. The van der Waals surface area contributed by atoms with Crippen molar-refractivity contribution in [1.82, 2.24) is 20.3 Å². The summed E-state index contributed by atoms with van der Waals surface area (Å²) in [5, 5.41) is 19.6. The number of aryl methyl sites for hydroxylation is 1. The largest absolute Gasteiger partial charge is 0.481 e. The summed E-state index contributed by atoms with van der Waals surface area (Å²) < 4.78 is 1.51. The first-order valence-electron chi connectivity index (χ1n) is 7.87. The molecule has 0 aliphatic heterocycles. The number of nitrogens with zero attached hydrogens (tertiary/aromatic N) is 3. The van der Waals surface area contributed by atoms with Crippen molar-refractivity contribution < 1.29 is 14.7 Å².